The summed E-state index contributed by atoms with van der Waals surface area (Å²) in [6.45, 7) is 5.06. The van der Waals surface area contributed by atoms with Gasteiger partial charge >= 0.3 is 0 Å². The number of ether oxygens (including phenoxy) is 2. The maximum Gasteiger partial charge on any atom is 0.255 e. The van der Waals surface area contributed by atoms with Gasteiger partial charge in [0.15, 0.2) is 17.3 Å². The van der Waals surface area contributed by atoms with Gasteiger partial charge in [0.1, 0.15) is 6.33 Å². The van der Waals surface area contributed by atoms with E-state index in [1.54, 1.807) is 18.5 Å². The van der Waals surface area contributed by atoms with E-state index in [0.29, 0.717) is 34.4 Å². The zero-order valence-electron chi connectivity index (χ0n) is 15.9. The van der Waals surface area contributed by atoms with Crippen molar-refractivity contribution in [3.63, 3.8) is 0 Å². The van der Waals surface area contributed by atoms with Crippen molar-refractivity contribution in [2.45, 2.75) is 20.4 Å². The molecule has 1 N–H and O–H groups in total. The molecular formula is C20H21ClN4O3. The Morgan fingerprint density at radius 1 is 1.25 bits per heavy atom. The normalized spacial score (nSPS) is 10.6. The average Bonchev–Trinajstić information content (AvgIpc) is 3.18. The summed E-state index contributed by atoms with van der Waals surface area (Å²) in [5.74, 6) is 1.26. The van der Waals surface area contributed by atoms with Gasteiger partial charge in [-0.3, -0.25) is 4.79 Å². The van der Waals surface area contributed by atoms with Crippen LogP contribution in [0, 0.1) is 0 Å². The topological polar surface area (TPSA) is 78.3 Å². The Morgan fingerprint density at radius 3 is 2.79 bits per heavy atom. The van der Waals surface area contributed by atoms with Crippen molar-refractivity contribution in [3.05, 3.63) is 53.3 Å². The number of methoxy groups -OCH3 is 1. The highest BCUT2D eigenvalue weighted by Gasteiger charge is 2.16. The molecule has 3 aromatic rings. The van der Waals surface area contributed by atoms with E-state index < -0.39 is 0 Å². The van der Waals surface area contributed by atoms with Crippen LogP contribution in [0.3, 0.4) is 0 Å². The summed E-state index contributed by atoms with van der Waals surface area (Å²) >= 11 is 6.26. The summed E-state index contributed by atoms with van der Waals surface area (Å²) < 4.78 is 12.7. The summed E-state index contributed by atoms with van der Waals surface area (Å²) in [6.07, 6.45) is 1.68. The van der Waals surface area contributed by atoms with E-state index >= 15 is 0 Å². The van der Waals surface area contributed by atoms with Crippen LogP contribution in [0.15, 0.2) is 42.7 Å². The monoisotopic (exact) mass is 400 g/mol. The van der Waals surface area contributed by atoms with Crippen LogP contribution in [0.5, 0.6) is 11.5 Å². The van der Waals surface area contributed by atoms with Gasteiger partial charge in [0.25, 0.3) is 5.91 Å². The van der Waals surface area contributed by atoms with Crippen LogP contribution in [0.1, 0.15) is 24.2 Å². The number of carbonyl (C=O) groups is 1. The number of carbonyl (C=O) groups excluding carboxylic acids is 1. The number of hydrogen-bond acceptors (Lipinski definition) is 5. The van der Waals surface area contributed by atoms with E-state index in [1.165, 1.54) is 7.11 Å². The smallest absolute Gasteiger partial charge is 0.255 e. The Hall–Kier alpha value is -3.06. The fourth-order valence-electron chi connectivity index (χ4n) is 2.78. The molecule has 8 heteroatoms. The van der Waals surface area contributed by atoms with Crippen LogP contribution in [-0.4, -0.2) is 34.4 Å². The van der Waals surface area contributed by atoms with Crippen LogP contribution >= 0.6 is 11.6 Å². The van der Waals surface area contributed by atoms with Gasteiger partial charge in [-0.15, -0.1) is 10.2 Å². The van der Waals surface area contributed by atoms with Crippen molar-refractivity contribution in [2.75, 3.05) is 19.0 Å². The first-order chi connectivity index (χ1) is 13.6. The second-order valence-electron chi connectivity index (χ2n) is 5.90. The second-order valence-corrected chi connectivity index (χ2v) is 6.31. The van der Waals surface area contributed by atoms with E-state index in [2.05, 4.69) is 15.5 Å². The molecule has 0 atom stereocenters. The maximum atomic E-state index is 12.7. The van der Waals surface area contributed by atoms with E-state index in [9.17, 15) is 4.79 Å². The third-order valence-electron chi connectivity index (χ3n) is 4.12. The number of aryl methyl sites for hydroxylation is 1. The largest absolute Gasteiger partial charge is 0.493 e. The van der Waals surface area contributed by atoms with E-state index in [-0.39, 0.29) is 5.91 Å². The molecule has 3 rings (SSSR count). The highest BCUT2D eigenvalue weighted by atomic mass is 35.5. The van der Waals surface area contributed by atoms with E-state index in [0.717, 1.165) is 17.9 Å². The highest BCUT2D eigenvalue weighted by molar-refractivity contribution is 6.32. The van der Waals surface area contributed by atoms with Crippen molar-refractivity contribution in [3.8, 4) is 22.9 Å². The number of benzene rings is 2. The molecule has 1 aromatic heterocycles. The van der Waals surface area contributed by atoms with Crippen molar-refractivity contribution < 1.29 is 14.3 Å². The highest BCUT2D eigenvalue weighted by Crippen LogP contribution is 2.36. The molecule has 0 saturated heterocycles. The minimum Gasteiger partial charge on any atom is -0.493 e. The lowest BCUT2D eigenvalue weighted by Crippen LogP contribution is -2.12. The first kappa shape index (κ1) is 19.7. The fourth-order valence-corrected chi connectivity index (χ4v) is 3.05. The van der Waals surface area contributed by atoms with Gasteiger partial charge in [-0.05, 0) is 38.1 Å². The van der Waals surface area contributed by atoms with Crippen LogP contribution in [0.2, 0.25) is 5.02 Å². The molecule has 0 aliphatic heterocycles. The summed E-state index contributed by atoms with van der Waals surface area (Å²) in [5.41, 5.74) is 1.86. The Labute approximate surface area is 168 Å². The number of nitrogens with one attached hydrogen (secondary N) is 1. The van der Waals surface area contributed by atoms with Crippen molar-refractivity contribution in [1.82, 2.24) is 14.8 Å². The van der Waals surface area contributed by atoms with E-state index in [1.807, 2.05) is 42.7 Å². The molecule has 7 nitrogen and oxygen atoms in total. The molecule has 0 bridgehead atoms. The molecule has 2 aromatic carbocycles. The number of amides is 1. The van der Waals surface area contributed by atoms with Gasteiger partial charge < -0.3 is 19.4 Å². The fraction of sp³-hybridized carbons (Fsp3) is 0.250. The molecule has 1 amide bonds. The lowest BCUT2D eigenvalue weighted by atomic mass is 10.1. The lowest BCUT2D eigenvalue weighted by molar-refractivity contribution is 0.102. The summed E-state index contributed by atoms with van der Waals surface area (Å²) in [6, 6.07) is 10.6. The summed E-state index contributed by atoms with van der Waals surface area (Å²) in [7, 11) is 1.50. The third-order valence-corrected chi connectivity index (χ3v) is 4.40. The predicted molar refractivity (Wildman–Crippen MR) is 108 cm³/mol. The quantitative estimate of drug-likeness (QED) is 0.640. The lowest BCUT2D eigenvalue weighted by Gasteiger charge is -2.13. The molecule has 28 heavy (non-hydrogen) atoms. The number of hydrogen-bond donors (Lipinski definition) is 1. The molecule has 0 spiro atoms. The molecule has 0 radical (unpaired) electrons. The molecule has 1 heterocycles. The first-order valence-corrected chi connectivity index (χ1v) is 9.25. The zero-order chi connectivity index (χ0) is 20.1. The molecule has 146 valence electrons. The minimum absolute atomic E-state index is 0.308. The minimum atomic E-state index is -0.308. The van der Waals surface area contributed by atoms with Crippen LogP contribution in [0.4, 0.5) is 5.69 Å². The van der Waals surface area contributed by atoms with Crippen LogP contribution < -0.4 is 14.8 Å². The third kappa shape index (κ3) is 4.09. The van der Waals surface area contributed by atoms with Crippen molar-refractivity contribution in [2.24, 2.45) is 0 Å². The zero-order valence-corrected chi connectivity index (χ0v) is 16.7. The molecule has 0 aliphatic rings. The number of rotatable bonds is 7. The Kier molecular flexibility index (Phi) is 6.16. The van der Waals surface area contributed by atoms with Crippen LogP contribution in [-0.2, 0) is 6.54 Å². The standard InChI is InChI=1S/C20H21ClN4O3/c1-4-25-12-22-24-19(25)13-7-6-8-15(9-13)23-20(26)14-10-16(21)18(28-5-2)17(11-14)27-3/h6-12H,4-5H2,1-3H3,(H,23,26). The van der Waals surface area contributed by atoms with Gasteiger partial charge in [0.2, 0.25) is 0 Å². The predicted octanol–water partition coefficient (Wildman–Crippen LogP) is 4.28. The van der Waals surface area contributed by atoms with Crippen LogP contribution in [0.25, 0.3) is 11.4 Å². The molecule has 0 fully saturated rings. The molecule has 0 saturated carbocycles. The number of aromatic nitrogens is 3. The van der Waals surface area contributed by atoms with E-state index in [4.69, 9.17) is 21.1 Å². The number of halogens is 1. The van der Waals surface area contributed by atoms with Gasteiger partial charge in [0.05, 0.1) is 18.7 Å². The van der Waals surface area contributed by atoms with Gasteiger partial charge in [-0.2, -0.15) is 0 Å². The molecular weight excluding hydrogens is 380 g/mol. The summed E-state index contributed by atoms with van der Waals surface area (Å²) in [4.78, 5) is 12.7. The maximum absolute atomic E-state index is 12.7. The number of anilines is 1. The number of nitrogens with zero attached hydrogens (tertiary/aromatic N) is 3. The Balaban J connectivity index is 1.86. The second kappa shape index (κ2) is 8.75. The van der Waals surface area contributed by atoms with Gasteiger partial charge in [-0.25, -0.2) is 0 Å². The first-order valence-electron chi connectivity index (χ1n) is 8.87. The summed E-state index contributed by atoms with van der Waals surface area (Å²) in [5, 5.41) is 11.3. The van der Waals surface area contributed by atoms with Crippen molar-refractivity contribution in [1.29, 1.82) is 0 Å². The van der Waals surface area contributed by atoms with Gasteiger partial charge in [0, 0.05) is 23.4 Å². The Bertz CT molecular complexity index is 987. The molecule has 0 aliphatic carbocycles. The SMILES string of the molecule is CCOc1c(Cl)cc(C(=O)Nc2cccc(-c3nncn3CC)c2)cc1OC. The van der Waals surface area contributed by atoms with Gasteiger partial charge in [-0.1, -0.05) is 23.7 Å². The Morgan fingerprint density at radius 2 is 2.07 bits per heavy atom. The van der Waals surface area contributed by atoms with Crippen molar-refractivity contribution >= 4 is 23.2 Å². The average molecular weight is 401 g/mol. The molecule has 0 unspecified atom stereocenters.